The zero-order valence-corrected chi connectivity index (χ0v) is 17.0. The number of hydrogen-bond donors (Lipinski definition) is 1. The first-order chi connectivity index (χ1) is 13.4. The van der Waals surface area contributed by atoms with Gasteiger partial charge in [-0.1, -0.05) is 29.8 Å². The van der Waals surface area contributed by atoms with Crippen LogP contribution < -0.4 is 14.8 Å². The summed E-state index contributed by atoms with van der Waals surface area (Å²) in [6, 6.07) is 13.6. The van der Waals surface area contributed by atoms with Crippen molar-refractivity contribution in [3.8, 4) is 11.5 Å². The molecule has 0 saturated carbocycles. The van der Waals surface area contributed by atoms with Crippen molar-refractivity contribution in [2.45, 2.75) is 26.4 Å². The van der Waals surface area contributed by atoms with Gasteiger partial charge in [0.15, 0.2) is 6.61 Å². The number of likely N-dealkylation sites (N-methyl/N-ethyl adjacent to an activating group) is 1. The molecule has 7 heteroatoms. The number of amides is 2. The smallest absolute Gasteiger partial charge is 0.261 e. The van der Waals surface area contributed by atoms with Gasteiger partial charge in [0.1, 0.15) is 17.5 Å². The van der Waals surface area contributed by atoms with E-state index in [0.717, 1.165) is 5.56 Å². The average Bonchev–Trinajstić information content (AvgIpc) is 2.70. The van der Waals surface area contributed by atoms with Crippen molar-refractivity contribution in [1.29, 1.82) is 0 Å². The summed E-state index contributed by atoms with van der Waals surface area (Å²) in [6.07, 6.45) is 0. The maximum atomic E-state index is 12.9. The minimum Gasteiger partial charge on any atom is -0.497 e. The number of ether oxygens (including phenoxy) is 2. The normalized spacial score (nSPS) is 11.4. The highest BCUT2D eigenvalue weighted by atomic mass is 35.5. The quantitative estimate of drug-likeness (QED) is 0.696. The van der Waals surface area contributed by atoms with E-state index in [1.54, 1.807) is 38.3 Å². The minimum atomic E-state index is -0.651. The predicted octanol–water partition coefficient (Wildman–Crippen LogP) is 3.28. The molecule has 0 aliphatic heterocycles. The van der Waals surface area contributed by atoms with Crippen molar-refractivity contribution in [2.75, 3.05) is 20.3 Å². The topological polar surface area (TPSA) is 67.9 Å². The molecular weight excluding hydrogens is 380 g/mol. The Morgan fingerprint density at radius 3 is 2.54 bits per heavy atom. The SMILES string of the molecule is CCNC(=O)[C@@H](C)N(Cc1cccc(OC)c1)C(=O)COc1cccc(Cl)c1. The molecular formula is C21H25ClN2O4. The summed E-state index contributed by atoms with van der Waals surface area (Å²) in [4.78, 5) is 26.7. The first-order valence-corrected chi connectivity index (χ1v) is 9.40. The van der Waals surface area contributed by atoms with Crippen LogP contribution in [0.3, 0.4) is 0 Å². The van der Waals surface area contributed by atoms with Crippen LogP contribution in [0.2, 0.25) is 5.02 Å². The molecule has 0 aliphatic rings. The summed E-state index contributed by atoms with van der Waals surface area (Å²) < 4.78 is 10.8. The number of halogens is 1. The lowest BCUT2D eigenvalue weighted by Gasteiger charge is -2.28. The molecule has 0 bridgehead atoms. The molecule has 0 radical (unpaired) electrons. The third-order valence-electron chi connectivity index (χ3n) is 4.16. The summed E-state index contributed by atoms with van der Waals surface area (Å²) >= 11 is 5.95. The van der Waals surface area contributed by atoms with Crippen LogP contribution >= 0.6 is 11.6 Å². The van der Waals surface area contributed by atoms with E-state index in [2.05, 4.69) is 5.32 Å². The number of hydrogen-bond acceptors (Lipinski definition) is 4. The predicted molar refractivity (Wildman–Crippen MR) is 109 cm³/mol. The molecule has 2 amide bonds. The first-order valence-electron chi connectivity index (χ1n) is 9.03. The minimum absolute atomic E-state index is 0.200. The fraction of sp³-hybridized carbons (Fsp3) is 0.333. The van der Waals surface area contributed by atoms with E-state index in [-0.39, 0.29) is 25.0 Å². The van der Waals surface area contributed by atoms with Crippen molar-refractivity contribution >= 4 is 23.4 Å². The van der Waals surface area contributed by atoms with Crippen LogP contribution in [0.25, 0.3) is 0 Å². The van der Waals surface area contributed by atoms with Gasteiger partial charge in [0.2, 0.25) is 5.91 Å². The summed E-state index contributed by atoms with van der Waals surface area (Å²) in [5.74, 6) is 0.654. The molecule has 6 nitrogen and oxygen atoms in total. The standard InChI is InChI=1S/C21H25ClN2O4/c1-4-23-21(26)15(2)24(13-16-7-5-9-18(11-16)27-3)20(25)14-28-19-10-6-8-17(22)12-19/h5-12,15H,4,13-14H2,1-3H3,(H,23,26)/t15-/m1/s1. The van der Waals surface area contributed by atoms with Crippen LogP contribution in [0.5, 0.6) is 11.5 Å². The summed E-state index contributed by atoms with van der Waals surface area (Å²) in [7, 11) is 1.58. The Labute approximate surface area is 170 Å². The molecule has 0 saturated heterocycles. The lowest BCUT2D eigenvalue weighted by Crippen LogP contribution is -2.49. The molecule has 2 aromatic rings. The molecule has 0 aliphatic carbocycles. The van der Waals surface area contributed by atoms with E-state index in [9.17, 15) is 9.59 Å². The second-order valence-corrected chi connectivity index (χ2v) is 6.63. The van der Waals surface area contributed by atoms with Crippen LogP contribution in [0, 0.1) is 0 Å². The molecule has 1 atom stereocenters. The monoisotopic (exact) mass is 404 g/mol. The van der Waals surface area contributed by atoms with Gasteiger partial charge in [-0.2, -0.15) is 0 Å². The largest absolute Gasteiger partial charge is 0.497 e. The van der Waals surface area contributed by atoms with Gasteiger partial charge in [-0.15, -0.1) is 0 Å². The van der Waals surface area contributed by atoms with Gasteiger partial charge in [-0.05, 0) is 49.7 Å². The van der Waals surface area contributed by atoms with Gasteiger partial charge in [-0.25, -0.2) is 0 Å². The van der Waals surface area contributed by atoms with Gasteiger partial charge in [0.25, 0.3) is 5.91 Å². The molecule has 1 N–H and O–H groups in total. The number of carbonyl (C=O) groups excluding carboxylic acids is 2. The van der Waals surface area contributed by atoms with Crippen molar-refractivity contribution in [2.24, 2.45) is 0 Å². The fourth-order valence-electron chi connectivity index (χ4n) is 2.66. The Morgan fingerprint density at radius 1 is 1.14 bits per heavy atom. The molecule has 0 fully saturated rings. The average molecular weight is 405 g/mol. The maximum Gasteiger partial charge on any atom is 0.261 e. The van der Waals surface area contributed by atoms with Crippen LogP contribution in [0.1, 0.15) is 19.4 Å². The van der Waals surface area contributed by atoms with Gasteiger partial charge < -0.3 is 19.7 Å². The molecule has 28 heavy (non-hydrogen) atoms. The molecule has 150 valence electrons. The van der Waals surface area contributed by atoms with E-state index in [1.807, 2.05) is 31.2 Å². The molecule has 0 heterocycles. The fourth-order valence-corrected chi connectivity index (χ4v) is 2.84. The highest BCUT2D eigenvalue weighted by Crippen LogP contribution is 2.19. The molecule has 0 spiro atoms. The lowest BCUT2D eigenvalue weighted by atomic mass is 10.1. The summed E-state index contributed by atoms with van der Waals surface area (Å²) in [6.45, 7) is 4.08. The Morgan fingerprint density at radius 2 is 1.86 bits per heavy atom. The van der Waals surface area contributed by atoms with Crippen LogP contribution in [-0.4, -0.2) is 43.0 Å². The molecule has 2 aromatic carbocycles. The summed E-state index contributed by atoms with van der Waals surface area (Å²) in [5, 5.41) is 3.28. The number of nitrogens with one attached hydrogen (secondary N) is 1. The van der Waals surface area contributed by atoms with E-state index < -0.39 is 6.04 Å². The van der Waals surface area contributed by atoms with Gasteiger partial charge >= 0.3 is 0 Å². The number of methoxy groups -OCH3 is 1. The zero-order chi connectivity index (χ0) is 20.5. The van der Waals surface area contributed by atoms with E-state index in [4.69, 9.17) is 21.1 Å². The van der Waals surface area contributed by atoms with Crippen molar-refractivity contribution in [3.05, 3.63) is 59.1 Å². The van der Waals surface area contributed by atoms with E-state index >= 15 is 0 Å². The Bertz CT molecular complexity index is 812. The van der Waals surface area contributed by atoms with Gasteiger partial charge in [-0.3, -0.25) is 9.59 Å². The van der Waals surface area contributed by atoms with E-state index in [1.165, 1.54) is 4.90 Å². The van der Waals surface area contributed by atoms with Crippen molar-refractivity contribution in [1.82, 2.24) is 10.2 Å². The summed E-state index contributed by atoms with van der Waals surface area (Å²) in [5.41, 5.74) is 0.853. The molecule has 0 aromatic heterocycles. The second-order valence-electron chi connectivity index (χ2n) is 6.19. The highest BCUT2D eigenvalue weighted by molar-refractivity contribution is 6.30. The van der Waals surface area contributed by atoms with Crippen LogP contribution in [0.4, 0.5) is 0 Å². The molecule has 0 unspecified atom stereocenters. The molecule has 2 rings (SSSR count). The van der Waals surface area contributed by atoms with E-state index in [0.29, 0.717) is 23.1 Å². The third kappa shape index (κ3) is 6.16. The number of benzene rings is 2. The van der Waals surface area contributed by atoms with Crippen LogP contribution in [0.15, 0.2) is 48.5 Å². The van der Waals surface area contributed by atoms with Crippen molar-refractivity contribution < 1.29 is 19.1 Å². The Hall–Kier alpha value is -2.73. The Balaban J connectivity index is 2.15. The third-order valence-corrected chi connectivity index (χ3v) is 4.40. The number of carbonyl (C=O) groups is 2. The number of nitrogens with zero attached hydrogens (tertiary/aromatic N) is 1. The highest BCUT2D eigenvalue weighted by Gasteiger charge is 2.26. The lowest BCUT2D eigenvalue weighted by molar-refractivity contribution is -0.142. The van der Waals surface area contributed by atoms with Crippen molar-refractivity contribution in [3.63, 3.8) is 0 Å². The first kappa shape index (κ1) is 21.6. The Kier molecular flexibility index (Phi) is 8.14. The van der Waals surface area contributed by atoms with Gasteiger partial charge in [0, 0.05) is 18.1 Å². The van der Waals surface area contributed by atoms with Crippen LogP contribution in [-0.2, 0) is 16.1 Å². The second kappa shape index (κ2) is 10.6. The maximum absolute atomic E-state index is 12.9. The zero-order valence-electron chi connectivity index (χ0n) is 16.3. The number of rotatable bonds is 9. The van der Waals surface area contributed by atoms with Gasteiger partial charge in [0.05, 0.1) is 7.11 Å².